The minimum absolute atomic E-state index is 0.213. The highest BCUT2D eigenvalue weighted by molar-refractivity contribution is 5.72. The first-order chi connectivity index (χ1) is 12.7. The molecule has 0 spiro atoms. The molecule has 0 aliphatic carbocycles. The van der Waals surface area contributed by atoms with Gasteiger partial charge in [-0.25, -0.2) is 0 Å². The average molecular weight is 363 g/mol. The van der Waals surface area contributed by atoms with Gasteiger partial charge >= 0.3 is 11.9 Å². The van der Waals surface area contributed by atoms with Crippen LogP contribution in [0.3, 0.4) is 0 Å². The predicted octanol–water partition coefficient (Wildman–Crippen LogP) is 5.24. The van der Waals surface area contributed by atoms with Crippen molar-refractivity contribution >= 4 is 11.9 Å². The summed E-state index contributed by atoms with van der Waals surface area (Å²) in [7, 11) is 0. The Bertz CT molecular complexity index is 484. The molecule has 0 radical (unpaired) electrons. The molecule has 0 heterocycles. The molecule has 4 heteroatoms. The van der Waals surface area contributed by atoms with E-state index in [-0.39, 0.29) is 24.8 Å². The molecule has 0 saturated heterocycles. The van der Waals surface area contributed by atoms with E-state index in [2.05, 4.69) is 19.1 Å². The summed E-state index contributed by atoms with van der Waals surface area (Å²) >= 11 is 0. The molecule has 0 amide bonds. The second-order valence-electron chi connectivity index (χ2n) is 6.65. The van der Waals surface area contributed by atoms with Crippen LogP contribution in [0.1, 0.15) is 76.7 Å². The van der Waals surface area contributed by atoms with Gasteiger partial charge in [-0.15, -0.1) is 0 Å². The second kappa shape index (κ2) is 15.4. The van der Waals surface area contributed by atoms with Crippen LogP contribution in [0.4, 0.5) is 0 Å². The quantitative estimate of drug-likeness (QED) is 0.316. The van der Waals surface area contributed by atoms with Gasteiger partial charge < -0.3 is 9.47 Å². The van der Waals surface area contributed by atoms with Gasteiger partial charge in [0.15, 0.2) is 0 Å². The Labute approximate surface area is 158 Å². The number of aryl methyl sites for hydroxylation is 1. The second-order valence-corrected chi connectivity index (χ2v) is 6.65. The molecule has 0 atom stereocenters. The molecule has 4 nitrogen and oxygen atoms in total. The van der Waals surface area contributed by atoms with E-state index in [1.165, 1.54) is 31.2 Å². The maximum atomic E-state index is 11.6. The largest absolute Gasteiger partial charge is 0.466 e. The smallest absolute Gasteiger partial charge is 0.305 e. The van der Waals surface area contributed by atoms with Crippen LogP contribution in [-0.4, -0.2) is 25.2 Å². The van der Waals surface area contributed by atoms with Crippen molar-refractivity contribution < 1.29 is 19.1 Å². The molecule has 1 aromatic carbocycles. The van der Waals surface area contributed by atoms with Crippen LogP contribution in [0.2, 0.25) is 0 Å². The number of esters is 2. The lowest BCUT2D eigenvalue weighted by atomic mass is 10.1. The highest BCUT2D eigenvalue weighted by Crippen LogP contribution is 2.07. The van der Waals surface area contributed by atoms with E-state index in [4.69, 9.17) is 9.47 Å². The third kappa shape index (κ3) is 12.5. The van der Waals surface area contributed by atoms with Crippen LogP contribution < -0.4 is 0 Å². The van der Waals surface area contributed by atoms with E-state index in [9.17, 15) is 9.59 Å². The Morgan fingerprint density at radius 2 is 1.31 bits per heavy atom. The van der Waals surface area contributed by atoms with Gasteiger partial charge in [-0.05, 0) is 31.2 Å². The maximum Gasteiger partial charge on any atom is 0.305 e. The van der Waals surface area contributed by atoms with Crippen molar-refractivity contribution in [3.8, 4) is 0 Å². The van der Waals surface area contributed by atoms with E-state index >= 15 is 0 Å². The van der Waals surface area contributed by atoms with E-state index in [1.54, 1.807) is 0 Å². The van der Waals surface area contributed by atoms with Crippen molar-refractivity contribution in [3.05, 3.63) is 35.9 Å². The van der Waals surface area contributed by atoms with E-state index < -0.39 is 0 Å². The molecule has 0 saturated carbocycles. The lowest BCUT2D eigenvalue weighted by Gasteiger charge is -2.06. The predicted molar refractivity (Wildman–Crippen MR) is 104 cm³/mol. The SMILES string of the molecule is CCCCCCCCOC(=O)CCCC(=O)OCCCc1ccccc1. The number of benzene rings is 1. The van der Waals surface area contributed by atoms with Gasteiger partial charge in [0.1, 0.15) is 0 Å². The zero-order valence-corrected chi connectivity index (χ0v) is 16.2. The highest BCUT2D eigenvalue weighted by Gasteiger charge is 2.07. The topological polar surface area (TPSA) is 52.6 Å². The minimum Gasteiger partial charge on any atom is -0.466 e. The molecule has 0 aliphatic rings. The molecule has 1 aromatic rings. The van der Waals surface area contributed by atoms with Gasteiger partial charge in [-0.2, -0.15) is 0 Å². The summed E-state index contributed by atoms with van der Waals surface area (Å²) in [5.74, 6) is -0.447. The molecular weight excluding hydrogens is 328 g/mol. The third-order valence-corrected chi connectivity index (χ3v) is 4.24. The number of ether oxygens (including phenoxy) is 2. The fourth-order valence-electron chi connectivity index (χ4n) is 2.70. The number of unbranched alkanes of at least 4 members (excludes halogenated alkanes) is 5. The van der Waals surface area contributed by atoms with Gasteiger partial charge in [-0.1, -0.05) is 69.4 Å². The Balaban J connectivity index is 1.91. The number of hydrogen-bond donors (Lipinski definition) is 0. The molecule has 146 valence electrons. The summed E-state index contributed by atoms with van der Waals surface area (Å²) in [6, 6.07) is 10.1. The average Bonchev–Trinajstić information content (AvgIpc) is 2.65. The standard InChI is InChI=1S/C22H34O4/c1-2-3-4-5-6-10-18-25-21(23)16-11-17-22(24)26-19-12-15-20-13-8-7-9-14-20/h7-9,13-14H,2-6,10-12,15-19H2,1H3. The molecule has 0 bridgehead atoms. The van der Waals surface area contributed by atoms with Crippen LogP contribution >= 0.6 is 0 Å². The van der Waals surface area contributed by atoms with Gasteiger partial charge in [0.2, 0.25) is 0 Å². The van der Waals surface area contributed by atoms with Crippen LogP contribution in [0.25, 0.3) is 0 Å². The molecule has 26 heavy (non-hydrogen) atoms. The Hall–Kier alpha value is -1.84. The zero-order chi connectivity index (χ0) is 18.9. The highest BCUT2D eigenvalue weighted by atomic mass is 16.5. The lowest BCUT2D eigenvalue weighted by Crippen LogP contribution is -2.09. The fourth-order valence-corrected chi connectivity index (χ4v) is 2.70. The first-order valence-electron chi connectivity index (χ1n) is 10.1. The van der Waals surface area contributed by atoms with Crippen molar-refractivity contribution in [1.29, 1.82) is 0 Å². The van der Waals surface area contributed by atoms with E-state index in [0.717, 1.165) is 25.7 Å². The first-order valence-corrected chi connectivity index (χ1v) is 10.1. The summed E-state index contributed by atoms with van der Waals surface area (Å²) < 4.78 is 10.4. The molecule has 0 aliphatic heterocycles. The molecule has 0 N–H and O–H groups in total. The maximum absolute atomic E-state index is 11.6. The monoisotopic (exact) mass is 362 g/mol. The van der Waals surface area contributed by atoms with Crippen molar-refractivity contribution in [2.24, 2.45) is 0 Å². The molecular formula is C22H34O4. The molecule has 0 aromatic heterocycles. The Morgan fingerprint density at radius 1 is 0.731 bits per heavy atom. The van der Waals surface area contributed by atoms with Crippen LogP contribution in [0.5, 0.6) is 0 Å². The summed E-state index contributed by atoms with van der Waals surface area (Å²) in [6.07, 6.45) is 9.81. The normalized spacial score (nSPS) is 10.5. The summed E-state index contributed by atoms with van der Waals surface area (Å²) in [5.41, 5.74) is 1.25. The van der Waals surface area contributed by atoms with Gasteiger partial charge in [0, 0.05) is 12.8 Å². The number of hydrogen-bond acceptors (Lipinski definition) is 4. The molecule has 1 rings (SSSR count). The van der Waals surface area contributed by atoms with Crippen molar-refractivity contribution in [2.45, 2.75) is 77.6 Å². The lowest BCUT2D eigenvalue weighted by molar-refractivity contribution is -0.145. The van der Waals surface area contributed by atoms with E-state index in [0.29, 0.717) is 19.6 Å². The number of carbonyl (C=O) groups excluding carboxylic acids is 2. The van der Waals surface area contributed by atoms with Gasteiger partial charge in [0.25, 0.3) is 0 Å². The van der Waals surface area contributed by atoms with Crippen LogP contribution in [0.15, 0.2) is 30.3 Å². The number of rotatable bonds is 15. The molecule has 0 fully saturated rings. The summed E-state index contributed by atoms with van der Waals surface area (Å²) in [4.78, 5) is 23.2. The zero-order valence-electron chi connectivity index (χ0n) is 16.2. The van der Waals surface area contributed by atoms with Gasteiger partial charge in [0.05, 0.1) is 13.2 Å². The number of carbonyl (C=O) groups is 2. The summed E-state index contributed by atoms with van der Waals surface area (Å²) in [5, 5.41) is 0. The van der Waals surface area contributed by atoms with Crippen molar-refractivity contribution in [3.63, 3.8) is 0 Å². The van der Waals surface area contributed by atoms with Crippen LogP contribution in [-0.2, 0) is 25.5 Å². The van der Waals surface area contributed by atoms with Crippen molar-refractivity contribution in [1.82, 2.24) is 0 Å². The molecule has 0 unspecified atom stereocenters. The van der Waals surface area contributed by atoms with Crippen LogP contribution in [0, 0.1) is 0 Å². The third-order valence-electron chi connectivity index (χ3n) is 4.24. The Kier molecular flexibility index (Phi) is 13.2. The van der Waals surface area contributed by atoms with E-state index in [1.807, 2.05) is 18.2 Å². The first kappa shape index (κ1) is 22.2. The van der Waals surface area contributed by atoms with Gasteiger partial charge in [-0.3, -0.25) is 9.59 Å². The minimum atomic E-state index is -0.234. The summed E-state index contributed by atoms with van der Waals surface area (Å²) in [6.45, 7) is 3.12. The fraction of sp³-hybridized carbons (Fsp3) is 0.636. The van der Waals surface area contributed by atoms with Crippen molar-refractivity contribution in [2.75, 3.05) is 13.2 Å². The Morgan fingerprint density at radius 3 is 1.96 bits per heavy atom.